The van der Waals surface area contributed by atoms with E-state index in [0.29, 0.717) is 11.6 Å². The molecule has 1 aliphatic heterocycles. The summed E-state index contributed by atoms with van der Waals surface area (Å²) in [5.74, 6) is 3.08. The van der Waals surface area contributed by atoms with Gasteiger partial charge >= 0.3 is 0 Å². The summed E-state index contributed by atoms with van der Waals surface area (Å²) in [7, 11) is 0. The number of nitro benzene ring substituents is 1. The maximum Gasteiger partial charge on any atom is 0.273 e. The molecule has 0 aliphatic carbocycles. The summed E-state index contributed by atoms with van der Waals surface area (Å²) in [6.07, 6.45) is 2.42. The van der Waals surface area contributed by atoms with E-state index in [9.17, 15) is 10.1 Å². The van der Waals surface area contributed by atoms with Crippen LogP contribution in [0.3, 0.4) is 0 Å². The van der Waals surface area contributed by atoms with Gasteiger partial charge in [-0.15, -0.1) is 0 Å². The first-order valence-corrected chi connectivity index (χ1v) is 7.17. The van der Waals surface area contributed by atoms with Crippen molar-refractivity contribution >= 4 is 28.8 Å². The van der Waals surface area contributed by atoms with Crippen molar-refractivity contribution in [2.45, 2.75) is 12.8 Å². The van der Waals surface area contributed by atoms with Crippen molar-refractivity contribution in [2.24, 2.45) is 5.92 Å². The second-order valence-corrected chi connectivity index (χ2v) is 5.73. The van der Waals surface area contributed by atoms with Crippen LogP contribution in [0.15, 0.2) is 18.2 Å². The molecule has 3 N–H and O–H groups in total. The lowest BCUT2D eigenvalue weighted by Gasteiger charge is -2.22. The monoisotopic (exact) mass is 267 g/mol. The molecule has 6 heteroatoms. The van der Waals surface area contributed by atoms with Crippen LogP contribution in [0.5, 0.6) is 0 Å². The zero-order valence-corrected chi connectivity index (χ0v) is 10.9. The smallest absolute Gasteiger partial charge is 0.273 e. The highest BCUT2D eigenvalue weighted by atomic mass is 32.2. The third-order valence-corrected chi connectivity index (χ3v) is 4.14. The van der Waals surface area contributed by atoms with E-state index in [-0.39, 0.29) is 5.69 Å². The fourth-order valence-corrected chi connectivity index (χ4v) is 3.26. The lowest BCUT2D eigenvalue weighted by Crippen LogP contribution is -2.19. The van der Waals surface area contributed by atoms with E-state index in [1.807, 2.05) is 11.8 Å². The Morgan fingerprint density at radius 1 is 1.39 bits per heavy atom. The van der Waals surface area contributed by atoms with Crippen molar-refractivity contribution in [3.8, 4) is 0 Å². The summed E-state index contributed by atoms with van der Waals surface area (Å²) < 4.78 is 0. The lowest BCUT2D eigenvalue weighted by atomic mass is 10.0. The number of benzene rings is 1. The second kappa shape index (κ2) is 5.95. The number of non-ortho nitro benzene ring substituents is 1. The first-order chi connectivity index (χ1) is 8.65. The fourth-order valence-electron chi connectivity index (χ4n) is 2.05. The Morgan fingerprint density at radius 3 is 2.78 bits per heavy atom. The van der Waals surface area contributed by atoms with Crippen molar-refractivity contribution in [3.05, 3.63) is 28.3 Å². The Kier molecular flexibility index (Phi) is 4.30. The molecule has 0 spiro atoms. The van der Waals surface area contributed by atoms with Crippen molar-refractivity contribution in [3.63, 3.8) is 0 Å². The van der Waals surface area contributed by atoms with Gasteiger partial charge in [0.1, 0.15) is 0 Å². The Balaban J connectivity index is 1.97. The molecule has 0 aromatic heterocycles. The number of nitrogens with zero attached hydrogens (tertiary/aromatic N) is 1. The highest BCUT2D eigenvalue weighted by Gasteiger charge is 2.14. The third kappa shape index (κ3) is 3.53. The van der Waals surface area contributed by atoms with Gasteiger partial charge in [0.05, 0.1) is 4.92 Å². The maximum absolute atomic E-state index is 10.7. The van der Waals surface area contributed by atoms with Gasteiger partial charge in [-0.2, -0.15) is 11.8 Å². The van der Waals surface area contributed by atoms with Gasteiger partial charge < -0.3 is 11.1 Å². The minimum absolute atomic E-state index is 0.0386. The number of thioether (sulfide) groups is 1. The van der Waals surface area contributed by atoms with E-state index >= 15 is 0 Å². The lowest BCUT2D eigenvalue weighted by molar-refractivity contribution is -0.384. The van der Waals surface area contributed by atoms with Crippen molar-refractivity contribution in [1.82, 2.24) is 0 Å². The standard InChI is InChI=1S/C12H17N3O2S/c13-10-5-11(7-12(6-10)15(16)17)14-8-9-1-3-18-4-2-9/h5-7,9,14H,1-4,8,13H2. The molecule has 18 heavy (non-hydrogen) atoms. The summed E-state index contributed by atoms with van der Waals surface area (Å²) in [6, 6.07) is 4.65. The molecule has 0 saturated carbocycles. The molecule has 0 atom stereocenters. The molecule has 1 heterocycles. The van der Waals surface area contributed by atoms with E-state index in [1.54, 1.807) is 6.07 Å². The molecule has 1 fully saturated rings. The van der Waals surface area contributed by atoms with E-state index in [0.717, 1.165) is 12.2 Å². The van der Waals surface area contributed by atoms with Crippen LogP contribution >= 0.6 is 11.8 Å². The van der Waals surface area contributed by atoms with Crippen LogP contribution < -0.4 is 11.1 Å². The van der Waals surface area contributed by atoms with Crippen LogP contribution in [0.25, 0.3) is 0 Å². The minimum Gasteiger partial charge on any atom is -0.398 e. The first kappa shape index (κ1) is 13.0. The van der Waals surface area contributed by atoms with Gasteiger partial charge in [0.25, 0.3) is 5.69 Å². The fraction of sp³-hybridized carbons (Fsp3) is 0.500. The van der Waals surface area contributed by atoms with Crippen LogP contribution in [-0.4, -0.2) is 23.0 Å². The molecule has 1 saturated heterocycles. The molecule has 0 bridgehead atoms. The summed E-state index contributed by atoms with van der Waals surface area (Å²) in [4.78, 5) is 10.3. The Morgan fingerprint density at radius 2 is 2.11 bits per heavy atom. The van der Waals surface area contributed by atoms with Gasteiger partial charge in [0.15, 0.2) is 0 Å². The molecule has 0 unspecified atom stereocenters. The Hall–Kier alpha value is -1.43. The quantitative estimate of drug-likeness (QED) is 0.498. The minimum atomic E-state index is -0.418. The number of rotatable bonds is 4. The topological polar surface area (TPSA) is 81.2 Å². The predicted molar refractivity (Wildman–Crippen MR) is 76.0 cm³/mol. The average molecular weight is 267 g/mol. The van der Waals surface area contributed by atoms with Gasteiger partial charge in [-0.1, -0.05) is 0 Å². The van der Waals surface area contributed by atoms with Crippen molar-refractivity contribution in [2.75, 3.05) is 29.1 Å². The molecule has 1 aromatic rings. The Labute approximate surface area is 110 Å². The van der Waals surface area contributed by atoms with Gasteiger partial charge in [0.2, 0.25) is 0 Å². The first-order valence-electron chi connectivity index (χ1n) is 6.02. The molecule has 5 nitrogen and oxygen atoms in total. The molecule has 1 aromatic carbocycles. The number of anilines is 2. The summed E-state index contributed by atoms with van der Waals surface area (Å²) in [6.45, 7) is 0.862. The van der Waals surface area contributed by atoms with Crippen LogP contribution in [0.4, 0.5) is 17.1 Å². The molecule has 0 amide bonds. The largest absolute Gasteiger partial charge is 0.398 e. The Bertz CT molecular complexity index is 433. The van der Waals surface area contributed by atoms with Gasteiger partial charge in [-0.3, -0.25) is 10.1 Å². The highest BCUT2D eigenvalue weighted by molar-refractivity contribution is 7.99. The zero-order chi connectivity index (χ0) is 13.0. The summed E-state index contributed by atoms with van der Waals surface area (Å²) in [5.41, 5.74) is 6.85. The maximum atomic E-state index is 10.7. The van der Waals surface area contributed by atoms with E-state index in [4.69, 9.17) is 5.73 Å². The molecule has 2 rings (SSSR count). The second-order valence-electron chi connectivity index (χ2n) is 4.51. The van der Waals surface area contributed by atoms with Gasteiger partial charge in [-0.05, 0) is 36.3 Å². The summed E-state index contributed by atoms with van der Waals surface area (Å²) >= 11 is 1.99. The van der Waals surface area contributed by atoms with Gasteiger partial charge in [-0.25, -0.2) is 0 Å². The molecular formula is C12H17N3O2S. The van der Waals surface area contributed by atoms with E-state index in [2.05, 4.69) is 5.32 Å². The molecule has 98 valence electrons. The SMILES string of the molecule is Nc1cc(NCC2CCSCC2)cc([N+](=O)[O-])c1. The number of hydrogen-bond donors (Lipinski definition) is 2. The van der Waals surface area contributed by atoms with Crippen molar-refractivity contribution in [1.29, 1.82) is 0 Å². The average Bonchev–Trinajstić information content (AvgIpc) is 2.37. The molecule has 1 aliphatic rings. The normalized spacial score (nSPS) is 16.4. The molecule has 0 radical (unpaired) electrons. The number of nitrogens with one attached hydrogen (secondary N) is 1. The van der Waals surface area contributed by atoms with Crippen LogP contribution in [0.1, 0.15) is 12.8 Å². The number of nitrogen functional groups attached to an aromatic ring is 1. The van der Waals surface area contributed by atoms with Crippen molar-refractivity contribution < 1.29 is 4.92 Å². The summed E-state index contributed by atoms with van der Waals surface area (Å²) in [5, 5.41) is 14.0. The predicted octanol–water partition coefficient (Wildman–Crippen LogP) is 2.73. The van der Waals surface area contributed by atoms with E-state index < -0.39 is 4.92 Å². The van der Waals surface area contributed by atoms with Crippen LogP contribution in [0.2, 0.25) is 0 Å². The third-order valence-electron chi connectivity index (χ3n) is 3.09. The number of nitrogens with two attached hydrogens (primary N) is 1. The van der Waals surface area contributed by atoms with Crippen LogP contribution in [-0.2, 0) is 0 Å². The van der Waals surface area contributed by atoms with E-state index in [1.165, 1.54) is 36.5 Å². The van der Waals surface area contributed by atoms with Gasteiger partial charge in [0, 0.05) is 30.1 Å². The zero-order valence-electron chi connectivity index (χ0n) is 10.1. The van der Waals surface area contributed by atoms with Crippen LogP contribution in [0, 0.1) is 16.0 Å². The number of nitro groups is 1. The highest BCUT2D eigenvalue weighted by Crippen LogP contribution is 2.25. The molecular weight excluding hydrogens is 250 g/mol. The number of hydrogen-bond acceptors (Lipinski definition) is 5.